The Morgan fingerprint density at radius 3 is 2.45 bits per heavy atom. The topological polar surface area (TPSA) is 104 Å². The number of para-hydroxylation sites is 1. The van der Waals surface area contributed by atoms with E-state index in [9.17, 15) is 8.42 Å². The van der Waals surface area contributed by atoms with Crippen molar-refractivity contribution in [2.75, 3.05) is 30.9 Å². The number of aromatic nitrogens is 2. The molecule has 0 unspecified atom stereocenters. The number of anilines is 2. The summed E-state index contributed by atoms with van der Waals surface area (Å²) in [6.45, 7) is 0.588. The lowest BCUT2D eigenvalue weighted by Gasteiger charge is -2.20. The fourth-order valence-corrected chi connectivity index (χ4v) is 4.11. The molecule has 7 nitrogen and oxygen atoms in total. The maximum atomic E-state index is 11.5. The minimum Gasteiger partial charge on any atom is -0.378 e. The number of fused-ring (bicyclic) bond motifs is 1. The molecule has 2 aromatic heterocycles. The van der Waals surface area contributed by atoms with Gasteiger partial charge in [0.15, 0.2) is 0 Å². The van der Waals surface area contributed by atoms with Crippen molar-refractivity contribution in [3.05, 3.63) is 84.2 Å². The van der Waals surface area contributed by atoms with E-state index < -0.39 is 10.0 Å². The zero-order valence-electron chi connectivity index (χ0n) is 17.4. The van der Waals surface area contributed by atoms with Gasteiger partial charge in [0.1, 0.15) is 10.7 Å². The van der Waals surface area contributed by atoms with Crippen LogP contribution in [0.3, 0.4) is 0 Å². The van der Waals surface area contributed by atoms with Crippen molar-refractivity contribution in [1.29, 1.82) is 0 Å². The van der Waals surface area contributed by atoms with Gasteiger partial charge in [-0.15, -0.1) is 0 Å². The van der Waals surface area contributed by atoms with E-state index in [2.05, 4.69) is 56.6 Å². The Morgan fingerprint density at radius 2 is 1.81 bits per heavy atom. The van der Waals surface area contributed by atoms with Gasteiger partial charge in [-0.2, -0.15) is 0 Å². The normalized spacial score (nSPS) is 12.6. The number of H-pyrrole nitrogens is 1. The van der Waals surface area contributed by atoms with E-state index in [4.69, 9.17) is 5.14 Å². The van der Waals surface area contributed by atoms with Crippen molar-refractivity contribution in [1.82, 2.24) is 9.97 Å². The molecule has 160 valence electrons. The number of hydrogen-bond donors (Lipinski definition) is 3. The molecule has 0 bridgehead atoms. The molecule has 4 aromatic rings. The summed E-state index contributed by atoms with van der Waals surface area (Å²) in [4.78, 5) is 9.63. The molecular formula is C23H25N5O2S. The summed E-state index contributed by atoms with van der Waals surface area (Å²) in [6, 6.07) is 19.8. The Hall–Kier alpha value is -3.36. The Bertz CT molecular complexity index is 1280. The molecular weight excluding hydrogens is 410 g/mol. The van der Waals surface area contributed by atoms with Gasteiger partial charge in [-0.3, -0.25) is 0 Å². The van der Waals surface area contributed by atoms with Gasteiger partial charge in [0.2, 0.25) is 10.0 Å². The third-order valence-corrected chi connectivity index (χ3v) is 6.26. The highest BCUT2D eigenvalue weighted by Gasteiger charge is 2.19. The summed E-state index contributed by atoms with van der Waals surface area (Å²) in [5.41, 5.74) is 4.57. The number of nitrogens with two attached hydrogens (primary N) is 1. The Labute approximate surface area is 182 Å². The SMILES string of the molecule is CN(C)c1ccc([C@@H](CNc2ccc(S(N)(=O)=O)cn2)c2c[nH]c3ccccc23)cc1. The smallest absolute Gasteiger partial charge is 0.239 e. The van der Waals surface area contributed by atoms with Crippen LogP contribution in [-0.4, -0.2) is 39.0 Å². The minimum absolute atomic E-state index is 0.00879. The summed E-state index contributed by atoms with van der Waals surface area (Å²) >= 11 is 0. The number of nitrogens with one attached hydrogen (secondary N) is 2. The first-order chi connectivity index (χ1) is 14.8. The number of benzene rings is 2. The highest BCUT2D eigenvalue weighted by Crippen LogP contribution is 2.32. The van der Waals surface area contributed by atoms with Crippen LogP contribution in [0, 0.1) is 0 Å². The maximum absolute atomic E-state index is 11.5. The van der Waals surface area contributed by atoms with Crippen LogP contribution in [0.1, 0.15) is 17.0 Å². The summed E-state index contributed by atoms with van der Waals surface area (Å²) < 4.78 is 22.9. The lowest BCUT2D eigenvalue weighted by atomic mass is 9.90. The van der Waals surface area contributed by atoms with E-state index in [1.807, 2.05) is 32.4 Å². The number of hydrogen-bond acceptors (Lipinski definition) is 5. The van der Waals surface area contributed by atoms with Crippen molar-refractivity contribution >= 4 is 32.4 Å². The van der Waals surface area contributed by atoms with Gasteiger partial charge in [-0.05, 0) is 41.5 Å². The minimum atomic E-state index is -3.76. The monoisotopic (exact) mass is 435 g/mol. The predicted molar refractivity (Wildman–Crippen MR) is 125 cm³/mol. The van der Waals surface area contributed by atoms with Crippen molar-refractivity contribution in [2.45, 2.75) is 10.8 Å². The van der Waals surface area contributed by atoms with E-state index in [0.717, 1.165) is 11.2 Å². The zero-order valence-corrected chi connectivity index (χ0v) is 18.2. The lowest BCUT2D eigenvalue weighted by molar-refractivity contribution is 0.597. The number of primary sulfonamides is 1. The summed E-state index contributed by atoms with van der Waals surface area (Å²) in [6.07, 6.45) is 3.32. The third kappa shape index (κ3) is 4.55. The van der Waals surface area contributed by atoms with Crippen molar-refractivity contribution in [2.24, 2.45) is 5.14 Å². The van der Waals surface area contributed by atoms with E-state index in [1.54, 1.807) is 6.07 Å². The fourth-order valence-electron chi connectivity index (χ4n) is 3.65. The molecule has 4 N–H and O–H groups in total. The van der Waals surface area contributed by atoms with Gasteiger partial charge in [0.25, 0.3) is 0 Å². The first kappa shape index (κ1) is 20.9. The molecule has 8 heteroatoms. The standard InChI is InChI=1S/C23H25N5O2S/c1-28(2)17-9-7-16(8-10-17)20(21-15-25-22-6-4-3-5-19(21)22)14-27-23-12-11-18(13-26-23)31(24,29)30/h3-13,15,20,25H,14H2,1-2H3,(H,26,27)(H2,24,29,30)/t20-/m1/s1. The van der Waals surface area contributed by atoms with Crippen molar-refractivity contribution in [3.8, 4) is 0 Å². The molecule has 1 atom stereocenters. The molecule has 0 spiro atoms. The number of aromatic amines is 1. The molecule has 4 rings (SSSR count). The van der Waals surface area contributed by atoms with Gasteiger partial charge < -0.3 is 15.2 Å². The lowest BCUT2D eigenvalue weighted by Crippen LogP contribution is -2.16. The second-order valence-electron chi connectivity index (χ2n) is 7.63. The summed E-state index contributed by atoms with van der Waals surface area (Å²) in [5.74, 6) is 0.647. The van der Waals surface area contributed by atoms with E-state index in [-0.39, 0.29) is 10.8 Å². The molecule has 2 heterocycles. The Balaban J connectivity index is 1.65. The molecule has 2 aromatic carbocycles. The average molecular weight is 436 g/mol. The molecule has 0 saturated carbocycles. The number of pyridine rings is 1. The molecule has 0 fully saturated rings. The molecule has 0 amide bonds. The van der Waals surface area contributed by atoms with E-state index in [1.165, 1.54) is 28.8 Å². The van der Waals surface area contributed by atoms with Gasteiger partial charge in [0, 0.05) is 55.5 Å². The van der Waals surface area contributed by atoms with Crippen LogP contribution < -0.4 is 15.4 Å². The van der Waals surface area contributed by atoms with E-state index >= 15 is 0 Å². The van der Waals surface area contributed by atoms with Crippen LogP contribution in [0.5, 0.6) is 0 Å². The highest BCUT2D eigenvalue weighted by atomic mass is 32.2. The van der Waals surface area contributed by atoms with Gasteiger partial charge in [0.05, 0.1) is 0 Å². The second-order valence-corrected chi connectivity index (χ2v) is 9.19. The van der Waals surface area contributed by atoms with E-state index in [0.29, 0.717) is 12.4 Å². The van der Waals surface area contributed by atoms with Crippen LogP contribution in [0.15, 0.2) is 78.0 Å². The number of rotatable bonds is 7. The summed E-state index contributed by atoms with van der Waals surface area (Å²) in [5, 5.41) is 9.67. The van der Waals surface area contributed by atoms with Crippen LogP contribution >= 0.6 is 0 Å². The maximum Gasteiger partial charge on any atom is 0.239 e. The zero-order chi connectivity index (χ0) is 22.0. The number of nitrogens with zero attached hydrogens (tertiary/aromatic N) is 2. The predicted octanol–water partition coefficient (Wildman–Crippen LogP) is 3.52. The van der Waals surface area contributed by atoms with Gasteiger partial charge >= 0.3 is 0 Å². The quantitative estimate of drug-likeness (QED) is 0.412. The Kier molecular flexibility index (Phi) is 5.67. The molecule has 0 saturated heterocycles. The highest BCUT2D eigenvalue weighted by molar-refractivity contribution is 7.89. The third-order valence-electron chi connectivity index (χ3n) is 5.36. The van der Waals surface area contributed by atoms with Gasteiger partial charge in [-0.1, -0.05) is 30.3 Å². The molecule has 31 heavy (non-hydrogen) atoms. The average Bonchev–Trinajstić information content (AvgIpc) is 3.18. The second kappa shape index (κ2) is 8.41. The van der Waals surface area contributed by atoms with Crippen molar-refractivity contribution in [3.63, 3.8) is 0 Å². The van der Waals surface area contributed by atoms with Crippen LogP contribution in [0.4, 0.5) is 11.5 Å². The van der Waals surface area contributed by atoms with Gasteiger partial charge in [-0.25, -0.2) is 18.5 Å². The van der Waals surface area contributed by atoms with Crippen LogP contribution in [0.2, 0.25) is 0 Å². The molecule has 0 aliphatic carbocycles. The first-order valence-electron chi connectivity index (χ1n) is 9.89. The summed E-state index contributed by atoms with van der Waals surface area (Å²) in [7, 11) is 0.274. The Morgan fingerprint density at radius 1 is 1.06 bits per heavy atom. The first-order valence-corrected chi connectivity index (χ1v) is 11.4. The number of sulfonamides is 1. The largest absolute Gasteiger partial charge is 0.378 e. The molecule has 0 radical (unpaired) electrons. The van der Waals surface area contributed by atoms with Crippen molar-refractivity contribution < 1.29 is 8.42 Å². The molecule has 0 aliphatic heterocycles. The molecule has 0 aliphatic rings. The van der Waals surface area contributed by atoms with Crippen LogP contribution in [0.25, 0.3) is 10.9 Å². The fraction of sp³-hybridized carbons (Fsp3) is 0.174. The van der Waals surface area contributed by atoms with Crippen LogP contribution in [-0.2, 0) is 10.0 Å².